The summed E-state index contributed by atoms with van der Waals surface area (Å²) in [5.74, 6) is 0.909. The van der Waals surface area contributed by atoms with Crippen LogP contribution in [0.1, 0.15) is 51.1 Å². The van der Waals surface area contributed by atoms with Crippen molar-refractivity contribution in [2.24, 2.45) is 11.7 Å². The lowest BCUT2D eigenvalue weighted by atomic mass is 9.98. The van der Waals surface area contributed by atoms with Gasteiger partial charge in [0, 0.05) is 23.6 Å². The molecule has 2 rings (SSSR count). The zero-order valence-electron chi connectivity index (χ0n) is 12.0. The first kappa shape index (κ1) is 14.9. The smallest absolute Gasteiger partial charge is 0.0510 e. The molecule has 0 amide bonds. The van der Waals surface area contributed by atoms with Crippen LogP contribution in [-0.2, 0) is 0 Å². The predicted molar refractivity (Wildman–Crippen MR) is 86.6 cm³/mol. The molecule has 1 fully saturated rings. The van der Waals surface area contributed by atoms with E-state index >= 15 is 0 Å². The van der Waals surface area contributed by atoms with E-state index in [1.165, 1.54) is 54.5 Å². The molecule has 0 aromatic heterocycles. The van der Waals surface area contributed by atoms with Gasteiger partial charge in [-0.15, -0.1) is 0 Å². The van der Waals surface area contributed by atoms with Crippen molar-refractivity contribution in [3.8, 4) is 0 Å². The molecule has 19 heavy (non-hydrogen) atoms. The van der Waals surface area contributed by atoms with E-state index in [0.29, 0.717) is 0 Å². The summed E-state index contributed by atoms with van der Waals surface area (Å²) in [7, 11) is 0. The molecule has 0 aliphatic carbocycles. The highest BCUT2D eigenvalue weighted by Crippen LogP contribution is 2.31. The summed E-state index contributed by atoms with van der Waals surface area (Å²) in [5.41, 5.74) is 8.45. The van der Waals surface area contributed by atoms with Crippen molar-refractivity contribution in [3.63, 3.8) is 0 Å². The van der Waals surface area contributed by atoms with E-state index in [2.05, 4.69) is 46.0 Å². The van der Waals surface area contributed by atoms with E-state index in [9.17, 15) is 0 Å². The molecule has 0 saturated carbocycles. The third kappa shape index (κ3) is 3.73. The van der Waals surface area contributed by atoms with Crippen LogP contribution in [0.4, 0.5) is 5.69 Å². The molecule has 1 saturated heterocycles. The normalized spacial score (nSPS) is 22.1. The molecule has 3 heteroatoms. The lowest BCUT2D eigenvalue weighted by Gasteiger charge is -2.25. The van der Waals surface area contributed by atoms with Gasteiger partial charge in [-0.3, -0.25) is 0 Å². The van der Waals surface area contributed by atoms with E-state index < -0.39 is 0 Å². The number of rotatable bonds is 3. The van der Waals surface area contributed by atoms with Crippen molar-refractivity contribution in [2.45, 2.75) is 45.6 Å². The van der Waals surface area contributed by atoms with Gasteiger partial charge in [-0.25, -0.2) is 0 Å². The Morgan fingerprint density at radius 3 is 2.79 bits per heavy atom. The molecular formula is C16H25BrN2. The highest BCUT2D eigenvalue weighted by atomic mass is 79.9. The summed E-state index contributed by atoms with van der Waals surface area (Å²) in [6, 6.07) is 6.64. The number of hydrogen-bond acceptors (Lipinski definition) is 2. The molecule has 1 heterocycles. The van der Waals surface area contributed by atoms with E-state index in [-0.39, 0.29) is 6.04 Å². The Balaban J connectivity index is 2.13. The molecular weight excluding hydrogens is 300 g/mol. The summed E-state index contributed by atoms with van der Waals surface area (Å²) in [6.07, 6.45) is 5.32. The lowest BCUT2D eigenvalue weighted by molar-refractivity contribution is 0.459. The van der Waals surface area contributed by atoms with Crippen molar-refractivity contribution in [2.75, 3.05) is 18.0 Å². The third-order valence-corrected chi connectivity index (χ3v) is 4.90. The van der Waals surface area contributed by atoms with Gasteiger partial charge in [0.05, 0.1) is 5.69 Å². The Labute approximate surface area is 125 Å². The second-order valence-electron chi connectivity index (χ2n) is 5.69. The molecule has 1 aromatic rings. The van der Waals surface area contributed by atoms with Gasteiger partial charge in [-0.2, -0.15) is 0 Å². The molecule has 2 nitrogen and oxygen atoms in total. The molecule has 1 unspecified atom stereocenters. The quantitative estimate of drug-likeness (QED) is 0.887. The van der Waals surface area contributed by atoms with Crippen molar-refractivity contribution in [3.05, 3.63) is 28.2 Å². The van der Waals surface area contributed by atoms with Gasteiger partial charge in [0.2, 0.25) is 0 Å². The van der Waals surface area contributed by atoms with Gasteiger partial charge < -0.3 is 10.6 Å². The third-order valence-electron chi connectivity index (χ3n) is 4.26. The minimum absolute atomic E-state index is 0.0963. The number of nitrogens with zero attached hydrogens (tertiary/aromatic N) is 1. The fraction of sp³-hybridized carbons (Fsp3) is 0.625. The number of benzene rings is 1. The van der Waals surface area contributed by atoms with Gasteiger partial charge in [0.1, 0.15) is 0 Å². The van der Waals surface area contributed by atoms with E-state index in [4.69, 9.17) is 5.73 Å². The average molecular weight is 325 g/mol. The van der Waals surface area contributed by atoms with Crippen molar-refractivity contribution in [1.29, 1.82) is 0 Å². The molecule has 2 N–H and O–H groups in total. The van der Waals surface area contributed by atoms with Crippen molar-refractivity contribution < 1.29 is 0 Å². The van der Waals surface area contributed by atoms with Gasteiger partial charge in [0.15, 0.2) is 0 Å². The number of nitrogens with two attached hydrogens (primary N) is 1. The molecule has 1 aliphatic heterocycles. The molecule has 2 atom stereocenters. The van der Waals surface area contributed by atoms with Crippen LogP contribution < -0.4 is 10.6 Å². The Bertz CT molecular complexity index is 417. The number of anilines is 1. The fourth-order valence-electron chi connectivity index (χ4n) is 2.88. The molecule has 0 bridgehead atoms. The minimum Gasteiger partial charge on any atom is -0.371 e. The van der Waals surface area contributed by atoms with Crippen LogP contribution in [0.3, 0.4) is 0 Å². The summed E-state index contributed by atoms with van der Waals surface area (Å²) in [4.78, 5) is 2.52. The zero-order valence-corrected chi connectivity index (χ0v) is 13.6. The minimum atomic E-state index is 0.0963. The van der Waals surface area contributed by atoms with Crippen LogP contribution in [0, 0.1) is 5.92 Å². The van der Waals surface area contributed by atoms with Crippen LogP contribution >= 0.6 is 15.9 Å². The zero-order chi connectivity index (χ0) is 13.8. The van der Waals surface area contributed by atoms with Crippen LogP contribution in [-0.4, -0.2) is 13.1 Å². The van der Waals surface area contributed by atoms with E-state index in [1.54, 1.807) is 0 Å². The first-order valence-corrected chi connectivity index (χ1v) is 8.21. The first-order valence-electron chi connectivity index (χ1n) is 7.41. The maximum atomic E-state index is 5.94. The number of hydrogen-bond donors (Lipinski definition) is 1. The predicted octanol–water partition coefficient (Wildman–Crippen LogP) is 4.49. The lowest BCUT2D eigenvalue weighted by Crippen LogP contribution is -2.24. The van der Waals surface area contributed by atoms with Crippen LogP contribution in [0.25, 0.3) is 0 Å². The second kappa shape index (κ2) is 6.76. The summed E-state index contributed by atoms with van der Waals surface area (Å²) < 4.78 is 1.18. The van der Waals surface area contributed by atoms with Gasteiger partial charge in [0.25, 0.3) is 0 Å². The Kier molecular flexibility index (Phi) is 5.28. The molecule has 1 aliphatic rings. The Morgan fingerprint density at radius 2 is 2.16 bits per heavy atom. The average Bonchev–Trinajstić information content (AvgIpc) is 2.63. The number of halogens is 1. The van der Waals surface area contributed by atoms with E-state index in [1.807, 2.05) is 6.92 Å². The first-order chi connectivity index (χ1) is 9.11. The summed E-state index contributed by atoms with van der Waals surface area (Å²) >= 11 is 3.71. The van der Waals surface area contributed by atoms with Gasteiger partial charge in [-0.1, -0.05) is 19.4 Å². The molecule has 106 valence electrons. The summed E-state index contributed by atoms with van der Waals surface area (Å²) in [5, 5.41) is 0. The SMILES string of the molecule is CCC1CCCN(c2ccc([C@@H](C)N)cc2Br)CC1. The van der Waals surface area contributed by atoms with Crippen LogP contribution in [0.15, 0.2) is 22.7 Å². The maximum Gasteiger partial charge on any atom is 0.0510 e. The standard InChI is InChI=1S/C16H25BrN2/c1-3-13-5-4-9-19(10-8-13)16-7-6-14(12(2)18)11-15(16)17/h6-7,11-13H,3-5,8-10,18H2,1-2H3/t12-,13?/m1/s1. The van der Waals surface area contributed by atoms with Crippen LogP contribution in [0.5, 0.6) is 0 Å². The van der Waals surface area contributed by atoms with Gasteiger partial charge >= 0.3 is 0 Å². The second-order valence-corrected chi connectivity index (χ2v) is 6.55. The van der Waals surface area contributed by atoms with Crippen molar-refractivity contribution in [1.82, 2.24) is 0 Å². The Hall–Kier alpha value is -0.540. The fourth-order valence-corrected chi connectivity index (χ4v) is 3.52. The molecule has 0 radical (unpaired) electrons. The monoisotopic (exact) mass is 324 g/mol. The Morgan fingerprint density at radius 1 is 1.37 bits per heavy atom. The molecule has 1 aromatic carbocycles. The highest BCUT2D eigenvalue weighted by molar-refractivity contribution is 9.10. The topological polar surface area (TPSA) is 29.3 Å². The summed E-state index contributed by atoms with van der Waals surface area (Å²) in [6.45, 7) is 6.69. The van der Waals surface area contributed by atoms with Gasteiger partial charge in [-0.05, 0) is 65.7 Å². The maximum absolute atomic E-state index is 5.94. The van der Waals surface area contributed by atoms with E-state index in [0.717, 1.165) is 5.92 Å². The van der Waals surface area contributed by atoms with Crippen molar-refractivity contribution >= 4 is 21.6 Å². The largest absolute Gasteiger partial charge is 0.371 e. The highest BCUT2D eigenvalue weighted by Gasteiger charge is 2.17. The molecule has 0 spiro atoms. The van der Waals surface area contributed by atoms with Crippen LogP contribution in [0.2, 0.25) is 0 Å².